The van der Waals surface area contributed by atoms with E-state index in [1.165, 1.54) is 0 Å². The first-order valence-corrected chi connectivity index (χ1v) is 9.89. The summed E-state index contributed by atoms with van der Waals surface area (Å²) in [7, 11) is 7.93. The fourth-order valence-electron chi connectivity index (χ4n) is 2.71. The summed E-state index contributed by atoms with van der Waals surface area (Å²) in [4.78, 5) is 17.1. The third-order valence-corrected chi connectivity index (χ3v) is 4.29. The van der Waals surface area contributed by atoms with E-state index in [0.29, 0.717) is 30.7 Å². The van der Waals surface area contributed by atoms with Crippen molar-refractivity contribution in [2.75, 3.05) is 61.7 Å². The van der Waals surface area contributed by atoms with Crippen LogP contribution in [0.3, 0.4) is 0 Å². The summed E-state index contributed by atoms with van der Waals surface area (Å²) in [6, 6.07) is 15.6. The standard InChI is InChI=1S/C21H28N10/c1-30(2)16-10-11-17(18(14-16)31(3)4)28-29-21-26-19(23-13-12-22)25-20(27-21)24-15-8-6-5-7-9-15/h5-11,14H,12-13,22H2,1-4H3,(H2,23,24,25,26,27). The lowest BCUT2D eigenvalue weighted by Crippen LogP contribution is -2.15. The average molecular weight is 421 g/mol. The van der Waals surface area contributed by atoms with Crippen LogP contribution >= 0.6 is 0 Å². The van der Waals surface area contributed by atoms with Gasteiger partial charge >= 0.3 is 0 Å². The van der Waals surface area contributed by atoms with Gasteiger partial charge in [0.15, 0.2) is 0 Å². The molecule has 162 valence electrons. The van der Waals surface area contributed by atoms with E-state index in [2.05, 4.69) is 41.9 Å². The molecule has 31 heavy (non-hydrogen) atoms. The summed E-state index contributed by atoms with van der Waals surface area (Å²) in [6.45, 7) is 0.983. The van der Waals surface area contributed by atoms with Crippen LogP contribution in [0.4, 0.5) is 40.6 Å². The predicted molar refractivity (Wildman–Crippen MR) is 126 cm³/mol. The van der Waals surface area contributed by atoms with E-state index in [1.807, 2.05) is 80.5 Å². The number of hydrogen-bond acceptors (Lipinski definition) is 10. The van der Waals surface area contributed by atoms with Crippen LogP contribution in [-0.4, -0.2) is 56.2 Å². The molecule has 0 spiro atoms. The topological polar surface area (TPSA) is 120 Å². The Bertz CT molecular complexity index is 1020. The van der Waals surface area contributed by atoms with E-state index < -0.39 is 0 Å². The highest BCUT2D eigenvalue weighted by Crippen LogP contribution is 2.32. The summed E-state index contributed by atoms with van der Waals surface area (Å²) in [6.07, 6.45) is 0. The number of anilines is 5. The van der Waals surface area contributed by atoms with E-state index in [-0.39, 0.29) is 5.95 Å². The minimum atomic E-state index is 0.189. The molecular weight excluding hydrogens is 392 g/mol. The summed E-state index contributed by atoms with van der Waals surface area (Å²) in [5.41, 5.74) is 9.17. The van der Waals surface area contributed by atoms with E-state index >= 15 is 0 Å². The molecular formula is C21H28N10. The summed E-state index contributed by atoms with van der Waals surface area (Å²) < 4.78 is 0. The molecule has 0 aliphatic rings. The van der Waals surface area contributed by atoms with Gasteiger partial charge in [-0.3, -0.25) is 0 Å². The van der Waals surface area contributed by atoms with Crippen molar-refractivity contribution < 1.29 is 0 Å². The molecule has 0 aliphatic heterocycles. The maximum Gasteiger partial charge on any atom is 0.275 e. The molecule has 4 N–H and O–H groups in total. The molecule has 0 amide bonds. The second kappa shape index (κ2) is 10.3. The second-order valence-electron chi connectivity index (χ2n) is 7.15. The largest absolute Gasteiger partial charge is 0.378 e. The van der Waals surface area contributed by atoms with Crippen LogP contribution < -0.4 is 26.2 Å². The van der Waals surface area contributed by atoms with Crippen LogP contribution in [0.1, 0.15) is 0 Å². The third kappa shape index (κ3) is 6.09. The predicted octanol–water partition coefficient (Wildman–Crippen LogP) is 3.53. The van der Waals surface area contributed by atoms with Crippen molar-refractivity contribution in [2.45, 2.75) is 0 Å². The monoisotopic (exact) mass is 420 g/mol. The fourth-order valence-corrected chi connectivity index (χ4v) is 2.71. The Kier molecular flexibility index (Phi) is 7.28. The Hall–Kier alpha value is -3.79. The van der Waals surface area contributed by atoms with Crippen molar-refractivity contribution >= 4 is 40.6 Å². The van der Waals surface area contributed by atoms with Crippen molar-refractivity contribution in [3.8, 4) is 0 Å². The van der Waals surface area contributed by atoms with Gasteiger partial charge in [0, 0.05) is 52.7 Å². The zero-order valence-corrected chi connectivity index (χ0v) is 18.2. The molecule has 0 atom stereocenters. The van der Waals surface area contributed by atoms with E-state index in [1.54, 1.807) is 0 Å². The number of azo groups is 1. The molecule has 1 aromatic heterocycles. The first-order chi connectivity index (χ1) is 15.0. The summed E-state index contributed by atoms with van der Waals surface area (Å²) >= 11 is 0. The van der Waals surface area contributed by atoms with Gasteiger partial charge < -0.3 is 26.2 Å². The van der Waals surface area contributed by atoms with E-state index in [9.17, 15) is 0 Å². The Balaban J connectivity index is 1.92. The van der Waals surface area contributed by atoms with E-state index in [4.69, 9.17) is 5.73 Å². The second-order valence-corrected chi connectivity index (χ2v) is 7.15. The van der Waals surface area contributed by atoms with Crippen LogP contribution in [-0.2, 0) is 0 Å². The van der Waals surface area contributed by atoms with Gasteiger partial charge in [0.25, 0.3) is 5.95 Å². The van der Waals surface area contributed by atoms with Gasteiger partial charge in [-0.15, -0.1) is 10.2 Å². The van der Waals surface area contributed by atoms with Gasteiger partial charge in [-0.25, -0.2) is 0 Å². The molecule has 0 saturated heterocycles. The molecule has 0 aliphatic carbocycles. The number of hydrogen-bond donors (Lipinski definition) is 3. The molecule has 1 heterocycles. The van der Waals surface area contributed by atoms with Gasteiger partial charge in [0.2, 0.25) is 11.9 Å². The Morgan fingerprint density at radius 3 is 2.29 bits per heavy atom. The van der Waals surface area contributed by atoms with Crippen LogP contribution in [0, 0.1) is 0 Å². The first kappa shape index (κ1) is 21.9. The number of para-hydroxylation sites is 1. The highest BCUT2D eigenvalue weighted by Gasteiger charge is 2.09. The van der Waals surface area contributed by atoms with E-state index in [0.717, 1.165) is 17.1 Å². The molecule has 2 aromatic carbocycles. The van der Waals surface area contributed by atoms with Crippen LogP contribution in [0.15, 0.2) is 58.8 Å². The molecule has 10 nitrogen and oxygen atoms in total. The Morgan fingerprint density at radius 2 is 1.61 bits per heavy atom. The lowest BCUT2D eigenvalue weighted by atomic mass is 10.2. The molecule has 0 radical (unpaired) electrons. The quantitative estimate of drug-likeness (QED) is 0.450. The summed E-state index contributed by atoms with van der Waals surface area (Å²) in [5, 5.41) is 14.9. The van der Waals surface area contributed by atoms with Crippen molar-refractivity contribution in [3.05, 3.63) is 48.5 Å². The lowest BCUT2D eigenvalue weighted by Gasteiger charge is -2.19. The Morgan fingerprint density at radius 1 is 0.871 bits per heavy atom. The Labute approximate surface area is 182 Å². The average Bonchev–Trinajstić information content (AvgIpc) is 2.76. The normalized spacial score (nSPS) is 10.9. The van der Waals surface area contributed by atoms with Crippen molar-refractivity contribution in [3.63, 3.8) is 0 Å². The van der Waals surface area contributed by atoms with Crippen LogP contribution in [0.25, 0.3) is 0 Å². The minimum absolute atomic E-state index is 0.189. The molecule has 3 aromatic rings. The fraction of sp³-hybridized carbons (Fsp3) is 0.286. The number of benzene rings is 2. The van der Waals surface area contributed by atoms with Crippen molar-refractivity contribution in [2.24, 2.45) is 16.0 Å². The maximum absolute atomic E-state index is 5.59. The number of rotatable bonds is 9. The van der Waals surface area contributed by atoms with Crippen LogP contribution in [0.5, 0.6) is 0 Å². The molecule has 10 heteroatoms. The number of nitrogens with one attached hydrogen (secondary N) is 2. The van der Waals surface area contributed by atoms with Crippen molar-refractivity contribution in [1.82, 2.24) is 15.0 Å². The van der Waals surface area contributed by atoms with Gasteiger partial charge in [0.1, 0.15) is 5.69 Å². The minimum Gasteiger partial charge on any atom is -0.378 e. The molecule has 0 fully saturated rings. The molecule has 0 bridgehead atoms. The highest BCUT2D eigenvalue weighted by atomic mass is 15.3. The van der Waals surface area contributed by atoms with Crippen molar-refractivity contribution in [1.29, 1.82) is 0 Å². The zero-order valence-electron chi connectivity index (χ0n) is 18.2. The molecule has 0 saturated carbocycles. The first-order valence-electron chi connectivity index (χ1n) is 9.89. The SMILES string of the molecule is CN(C)c1ccc(N=Nc2nc(NCCN)nc(Nc3ccccc3)n2)c(N(C)C)c1. The number of nitrogens with two attached hydrogens (primary N) is 1. The number of aromatic nitrogens is 3. The molecule has 0 unspecified atom stereocenters. The van der Waals surface area contributed by atoms with Gasteiger partial charge in [-0.2, -0.15) is 15.0 Å². The van der Waals surface area contributed by atoms with Gasteiger partial charge in [0.05, 0.1) is 5.69 Å². The van der Waals surface area contributed by atoms with Gasteiger partial charge in [-0.05, 0) is 30.3 Å². The highest BCUT2D eigenvalue weighted by molar-refractivity contribution is 5.72. The molecule has 3 rings (SSSR count). The smallest absolute Gasteiger partial charge is 0.275 e. The summed E-state index contributed by atoms with van der Waals surface area (Å²) in [5.74, 6) is 0.934. The third-order valence-electron chi connectivity index (χ3n) is 4.29. The lowest BCUT2D eigenvalue weighted by molar-refractivity contribution is 0.957. The van der Waals surface area contributed by atoms with Crippen LogP contribution in [0.2, 0.25) is 0 Å². The van der Waals surface area contributed by atoms with Gasteiger partial charge in [-0.1, -0.05) is 18.2 Å². The number of nitrogens with zero attached hydrogens (tertiary/aromatic N) is 7. The zero-order chi connectivity index (χ0) is 22.2. The maximum atomic E-state index is 5.59.